The Morgan fingerprint density at radius 1 is 1.00 bits per heavy atom. The molecule has 0 N–H and O–H groups in total. The van der Waals surface area contributed by atoms with Crippen LogP contribution in [-0.2, 0) is 24.3 Å². The van der Waals surface area contributed by atoms with E-state index in [1.54, 1.807) is 0 Å². The van der Waals surface area contributed by atoms with E-state index in [1.807, 2.05) is 6.92 Å². The van der Waals surface area contributed by atoms with E-state index in [0.717, 1.165) is 36.6 Å². The van der Waals surface area contributed by atoms with E-state index in [-0.39, 0.29) is 0 Å². The zero-order valence-electron chi connectivity index (χ0n) is 19.3. The lowest BCUT2D eigenvalue weighted by Crippen LogP contribution is -2.39. The summed E-state index contributed by atoms with van der Waals surface area (Å²) < 4.78 is 12.1. The summed E-state index contributed by atoms with van der Waals surface area (Å²) in [6.07, 6.45) is 1.92. The van der Waals surface area contributed by atoms with Gasteiger partial charge >= 0.3 is 0 Å². The fourth-order valence-electron chi connectivity index (χ4n) is 4.78. The van der Waals surface area contributed by atoms with Gasteiger partial charge in [-0.05, 0) is 73.7 Å². The van der Waals surface area contributed by atoms with Crippen LogP contribution in [0.4, 0.5) is 0 Å². The number of hydrogen-bond donors (Lipinski definition) is 0. The molecule has 0 bridgehead atoms. The number of rotatable bonds is 7. The van der Waals surface area contributed by atoms with Gasteiger partial charge in [-0.1, -0.05) is 29.8 Å². The molecule has 2 aliphatic rings. The van der Waals surface area contributed by atoms with Crippen molar-refractivity contribution in [1.82, 2.24) is 4.90 Å². The summed E-state index contributed by atoms with van der Waals surface area (Å²) in [7, 11) is 1.52. The first-order valence-electron chi connectivity index (χ1n) is 11.4. The molecule has 0 aromatic heterocycles. The van der Waals surface area contributed by atoms with Crippen molar-refractivity contribution in [3.63, 3.8) is 0 Å². The average Bonchev–Trinajstić information content (AvgIpc) is 2.83. The van der Waals surface area contributed by atoms with Gasteiger partial charge in [0.05, 0.1) is 25.8 Å². The third-order valence-electron chi connectivity index (χ3n) is 6.40. The summed E-state index contributed by atoms with van der Waals surface area (Å²) in [5.74, 6) is 2.30. The molecule has 0 aliphatic carbocycles. The summed E-state index contributed by atoms with van der Waals surface area (Å²) in [6.45, 7) is 6.71. The largest absolute Gasteiger partial charge is 0.494 e. The zero-order chi connectivity index (χ0) is 22.8. The Morgan fingerprint density at radius 2 is 1.85 bits per heavy atom. The van der Waals surface area contributed by atoms with Gasteiger partial charge in [0.15, 0.2) is 5.75 Å². The van der Waals surface area contributed by atoms with E-state index in [1.165, 1.54) is 47.0 Å². The van der Waals surface area contributed by atoms with Crippen molar-refractivity contribution in [1.29, 1.82) is 0 Å². The van der Waals surface area contributed by atoms with Gasteiger partial charge in [0.2, 0.25) is 5.75 Å². The lowest BCUT2D eigenvalue weighted by atomic mass is 9.83. The molecule has 0 radical (unpaired) electrons. The average molecular weight is 464 g/mol. The van der Waals surface area contributed by atoms with Crippen LogP contribution in [0.3, 0.4) is 0 Å². The van der Waals surface area contributed by atoms with Crippen LogP contribution in [0.5, 0.6) is 17.2 Å². The molecule has 0 saturated heterocycles. The predicted octanol–water partition coefficient (Wildman–Crippen LogP) is 6.08. The number of fused-ring (bicyclic) bond motifs is 4. The fourth-order valence-corrected chi connectivity index (χ4v) is 5.34. The molecule has 33 heavy (non-hydrogen) atoms. The van der Waals surface area contributed by atoms with E-state index in [4.69, 9.17) is 18.7 Å². The van der Waals surface area contributed by atoms with Gasteiger partial charge in [-0.2, -0.15) is 4.89 Å². The molecular weight excluding hydrogens is 434 g/mol. The van der Waals surface area contributed by atoms with E-state index < -0.39 is 0 Å². The summed E-state index contributed by atoms with van der Waals surface area (Å²) >= 11 is 1.33. The van der Waals surface area contributed by atoms with Crippen molar-refractivity contribution in [2.24, 2.45) is 0 Å². The first kappa shape index (κ1) is 22.1. The van der Waals surface area contributed by atoms with Crippen LogP contribution in [0.15, 0.2) is 59.5 Å². The molecule has 3 aromatic carbocycles. The molecule has 1 atom stereocenters. The van der Waals surface area contributed by atoms with Crippen molar-refractivity contribution >= 4 is 12.0 Å². The Balaban J connectivity index is 1.45. The first-order valence-corrected chi connectivity index (χ1v) is 12.2. The molecule has 3 aromatic rings. The van der Waals surface area contributed by atoms with Gasteiger partial charge in [-0.15, -0.1) is 0 Å². The maximum atomic E-state index is 6.16. The highest BCUT2D eigenvalue weighted by Gasteiger charge is 2.34. The van der Waals surface area contributed by atoms with Crippen molar-refractivity contribution in [2.75, 3.05) is 20.3 Å². The molecule has 1 unspecified atom stereocenters. The second kappa shape index (κ2) is 9.67. The minimum absolute atomic E-state index is 0.307. The second-order valence-electron chi connectivity index (χ2n) is 8.49. The number of benzene rings is 3. The van der Waals surface area contributed by atoms with Gasteiger partial charge in [0, 0.05) is 29.6 Å². The molecule has 0 spiro atoms. The monoisotopic (exact) mass is 463 g/mol. The highest BCUT2D eigenvalue weighted by atomic mass is 32.2. The minimum atomic E-state index is 0.307. The smallest absolute Gasteiger partial charge is 0.209 e. The normalized spacial score (nSPS) is 17.0. The molecule has 0 amide bonds. The number of hydrogen-bond acceptors (Lipinski definition) is 6. The van der Waals surface area contributed by atoms with Crippen LogP contribution >= 0.6 is 12.0 Å². The third-order valence-corrected chi connectivity index (χ3v) is 7.13. The second-order valence-corrected chi connectivity index (χ2v) is 9.30. The predicted molar refractivity (Wildman–Crippen MR) is 130 cm³/mol. The fraction of sp³-hybridized carbons (Fsp3) is 0.333. The third kappa shape index (κ3) is 4.56. The summed E-state index contributed by atoms with van der Waals surface area (Å²) in [6, 6.07) is 19.2. The van der Waals surface area contributed by atoms with Crippen molar-refractivity contribution in [3.8, 4) is 17.2 Å². The Kier molecular flexibility index (Phi) is 6.49. The molecule has 5 nitrogen and oxygen atoms in total. The molecule has 5 rings (SSSR count). The van der Waals surface area contributed by atoms with Crippen molar-refractivity contribution in [2.45, 2.75) is 44.2 Å². The van der Waals surface area contributed by atoms with Crippen molar-refractivity contribution in [3.05, 3.63) is 82.4 Å². The van der Waals surface area contributed by atoms with Crippen LogP contribution in [-0.4, -0.2) is 25.2 Å². The van der Waals surface area contributed by atoms with Crippen LogP contribution in [0.2, 0.25) is 0 Å². The van der Waals surface area contributed by atoms with Gasteiger partial charge in [0.25, 0.3) is 0 Å². The molecule has 0 saturated carbocycles. The summed E-state index contributed by atoms with van der Waals surface area (Å²) in [5.41, 5.74) is 6.51. The van der Waals surface area contributed by atoms with E-state index >= 15 is 0 Å². The molecular formula is C27H29NO4S. The van der Waals surface area contributed by atoms with Crippen LogP contribution in [0.25, 0.3) is 0 Å². The number of ether oxygens (including phenoxy) is 1. The van der Waals surface area contributed by atoms with Gasteiger partial charge in [-0.3, -0.25) is 4.90 Å². The van der Waals surface area contributed by atoms with E-state index in [9.17, 15) is 0 Å². The SMILES string of the molecule is CCOc1cccc2c1CN1CCc3cc(OOC)c(OSc4ccc(C)cc4)cc3C1C2. The number of nitrogens with zero attached hydrogens (tertiary/aromatic N) is 1. The standard InChI is InChI=1S/C27H29NO4S/c1-4-30-25-7-5-6-19-14-24-22-16-27(32-33-21-10-8-18(2)9-11-21)26(31-29-3)15-20(22)12-13-28(24)17-23(19)25/h5-11,15-16,24H,4,12-14,17H2,1-3H3. The van der Waals surface area contributed by atoms with E-state index in [0.29, 0.717) is 24.1 Å². The quantitative estimate of drug-likeness (QED) is 0.240. The van der Waals surface area contributed by atoms with Crippen LogP contribution in [0.1, 0.15) is 40.8 Å². The molecule has 2 heterocycles. The Morgan fingerprint density at radius 3 is 2.64 bits per heavy atom. The molecule has 172 valence electrons. The molecule has 2 aliphatic heterocycles. The van der Waals surface area contributed by atoms with Crippen LogP contribution in [0, 0.1) is 6.92 Å². The summed E-state index contributed by atoms with van der Waals surface area (Å²) in [4.78, 5) is 14.1. The van der Waals surface area contributed by atoms with Gasteiger partial charge in [0.1, 0.15) is 5.75 Å². The minimum Gasteiger partial charge on any atom is -0.494 e. The van der Waals surface area contributed by atoms with Gasteiger partial charge < -0.3 is 13.8 Å². The maximum Gasteiger partial charge on any atom is 0.209 e. The van der Waals surface area contributed by atoms with Gasteiger partial charge in [-0.25, -0.2) is 0 Å². The van der Waals surface area contributed by atoms with Crippen molar-refractivity contribution < 1.29 is 18.7 Å². The maximum absolute atomic E-state index is 6.16. The lowest BCUT2D eigenvalue weighted by molar-refractivity contribution is -0.178. The highest BCUT2D eigenvalue weighted by molar-refractivity contribution is 7.95. The van der Waals surface area contributed by atoms with E-state index in [2.05, 4.69) is 66.4 Å². The highest BCUT2D eigenvalue weighted by Crippen LogP contribution is 2.45. The topological polar surface area (TPSA) is 40.2 Å². The Labute approximate surface area is 199 Å². The first-order chi connectivity index (χ1) is 16.2. The Bertz CT molecular complexity index is 1130. The number of aryl methyl sites for hydroxylation is 1. The summed E-state index contributed by atoms with van der Waals surface area (Å²) in [5, 5.41) is 0. The van der Waals surface area contributed by atoms with Crippen LogP contribution < -0.4 is 13.8 Å². The lowest BCUT2D eigenvalue weighted by Gasteiger charge is -2.42. The molecule has 0 fully saturated rings. The Hall–Kier alpha value is -2.67. The molecule has 6 heteroatoms. The zero-order valence-corrected chi connectivity index (χ0v) is 20.1.